The van der Waals surface area contributed by atoms with Crippen LogP contribution in [0.1, 0.15) is 97.7 Å². The van der Waals surface area contributed by atoms with Gasteiger partial charge in [-0.2, -0.15) is 0 Å². The van der Waals surface area contributed by atoms with Gasteiger partial charge in [0.1, 0.15) is 0 Å². The van der Waals surface area contributed by atoms with Gasteiger partial charge in [-0.15, -0.1) is 0 Å². The Bertz CT molecular complexity index is 1500. The van der Waals surface area contributed by atoms with Crippen molar-refractivity contribution in [2.24, 2.45) is 0 Å². The largest absolute Gasteiger partial charge is 0.439 e. The molecule has 0 fully saturated rings. The Hall–Kier alpha value is -3.60. The van der Waals surface area contributed by atoms with E-state index in [-0.39, 0.29) is 5.97 Å². The zero-order valence-corrected chi connectivity index (χ0v) is 24.8. The summed E-state index contributed by atoms with van der Waals surface area (Å²) in [7, 11) is 0. The number of ether oxygens (including phenoxy) is 1. The van der Waals surface area contributed by atoms with E-state index in [0.29, 0.717) is 5.69 Å². The summed E-state index contributed by atoms with van der Waals surface area (Å²) < 4.78 is 9.01. The number of aryl methyl sites for hydroxylation is 2. The van der Waals surface area contributed by atoms with Crippen molar-refractivity contribution >= 4 is 22.6 Å². The number of hydrogen-bond donors (Lipinski definition) is 0. The van der Waals surface area contributed by atoms with Crippen molar-refractivity contribution in [2.75, 3.05) is 18.0 Å². The number of anilines is 1. The van der Waals surface area contributed by atoms with Crippen molar-refractivity contribution in [3.05, 3.63) is 94.4 Å². The lowest BCUT2D eigenvalue weighted by Crippen LogP contribution is -2.32. The monoisotopic (exact) mass is 537 g/mol. The van der Waals surface area contributed by atoms with Crippen molar-refractivity contribution in [1.82, 2.24) is 9.55 Å². The van der Waals surface area contributed by atoms with Crippen molar-refractivity contribution in [2.45, 2.75) is 85.3 Å². The van der Waals surface area contributed by atoms with E-state index in [1.165, 1.54) is 43.3 Å². The molecule has 0 aliphatic carbocycles. The number of unbranched alkanes of at least 4 members (excludes halogenated alkanes) is 5. The van der Waals surface area contributed by atoms with Crippen molar-refractivity contribution in [3.8, 4) is 0 Å². The van der Waals surface area contributed by atoms with Gasteiger partial charge in [0.25, 0.3) is 0 Å². The Kier molecular flexibility index (Phi) is 8.30. The molecule has 0 bridgehead atoms. The van der Waals surface area contributed by atoms with E-state index in [1.807, 2.05) is 12.1 Å². The molecule has 1 unspecified atom stereocenters. The number of cyclic esters (lactones) is 1. The Balaban J connectivity index is 1.70. The number of esters is 1. The molecular formula is C35H43N3O2. The lowest BCUT2D eigenvalue weighted by atomic mass is 9.77. The predicted molar refractivity (Wildman–Crippen MR) is 164 cm³/mol. The van der Waals surface area contributed by atoms with Crippen molar-refractivity contribution < 1.29 is 9.53 Å². The Morgan fingerprint density at radius 2 is 1.62 bits per heavy atom. The summed E-state index contributed by atoms with van der Waals surface area (Å²) >= 11 is 0. The van der Waals surface area contributed by atoms with Gasteiger partial charge in [0, 0.05) is 64.8 Å². The fraction of sp³-hybridized carbons (Fsp3) is 0.429. The normalized spacial score (nSPS) is 16.4. The minimum atomic E-state index is -1.07. The average molecular weight is 538 g/mol. The highest BCUT2D eigenvalue weighted by Gasteiger charge is 2.52. The first-order valence-corrected chi connectivity index (χ1v) is 15.1. The molecule has 1 atom stereocenters. The maximum atomic E-state index is 13.5. The standard InChI is InChI=1S/C35H43N3O2/c1-6-9-10-11-12-15-23-38-26(5)32(28-17-13-14-19-31(28)38)35(30-18-16-22-36-33(30)34(39)40-35)29-21-20-27(24-25(29)4)37(7-2)8-3/h13-14,16-22,24H,6-12,15,23H2,1-5H3. The van der Waals surface area contributed by atoms with Crippen molar-refractivity contribution in [1.29, 1.82) is 0 Å². The number of rotatable bonds is 12. The number of hydrogen-bond acceptors (Lipinski definition) is 4. The van der Waals surface area contributed by atoms with E-state index in [4.69, 9.17) is 4.74 Å². The molecule has 1 aliphatic rings. The third-order valence-electron chi connectivity index (χ3n) is 8.66. The Morgan fingerprint density at radius 3 is 2.38 bits per heavy atom. The van der Waals surface area contributed by atoms with E-state index < -0.39 is 5.60 Å². The summed E-state index contributed by atoms with van der Waals surface area (Å²) in [6.07, 6.45) is 9.18. The number of pyridine rings is 1. The summed E-state index contributed by atoms with van der Waals surface area (Å²) in [5.74, 6) is -0.366. The van der Waals surface area contributed by atoms with Gasteiger partial charge < -0.3 is 14.2 Å². The topological polar surface area (TPSA) is 47.4 Å². The van der Waals surface area contributed by atoms with Crippen LogP contribution in [0.4, 0.5) is 5.69 Å². The first-order chi connectivity index (χ1) is 19.5. The van der Waals surface area contributed by atoms with E-state index in [2.05, 4.69) is 91.5 Å². The highest BCUT2D eigenvalue weighted by molar-refractivity contribution is 5.97. The quantitative estimate of drug-likeness (QED) is 0.135. The lowest BCUT2D eigenvalue weighted by molar-refractivity contribution is 0.0249. The molecule has 2 aromatic heterocycles. The maximum Gasteiger partial charge on any atom is 0.358 e. The van der Waals surface area contributed by atoms with Crippen LogP contribution in [0.15, 0.2) is 60.8 Å². The van der Waals surface area contributed by atoms with Gasteiger partial charge in [-0.05, 0) is 63.9 Å². The third-order valence-corrected chi connectivity index (χ3v) is 8.66. The summed E-state index contributed by atoms with van der Waals surface area (Å²) in [5.41, 5.74) is 6.82. The summed E-state index contributed by atoms with van der Waals surface area (Å²) in [4.78, 5) is 20.3. The molecule has 5 nitrogen and oxygen atoms in total. The number of fused-ring (bicyclic) bond motifs is 2. The lowest BCUT2D eigenvalue weighted by Gasteiger charge is -2.33. The molecule has 0 spiro atoms. The van der Waals surface area contributed by atoms with Crippen LogP contribution >= 0.6 is 0 Å². The van der Waals surface area contributed by atoms with Gasteiger partial charge in [0.05, 0.1) is 0 Å². The van der Waals surface area contributed by atoms with Gasteiger partial charge in [-0.25, -0.2) is 9.78 Å². The van der Waals surface area contributed by atoms with E-state index in [9.17, 15) is 4.79 Å². The van der Waals surface area contributed by atoms with Crippen LogP contribution in [-0.4, -0.2) is 28.6 Å². The van der Waals surface area contributed by atoms with Crippen LogP contribution < -0.4 is 4.90 Å². The molecule has 0 saturated heterocycles. The Morgan fingerprint density at radius 1 is 0.875 bits per heavy atom. The number of aromatic nitrogens is 2. The first-order valence-electron chi connectivity index (χ1n) is 15.1. The summed E-state index contributed by atoms with van der Waals surface area (Å²) in [6.45, 7) is 13.8. The molecule has 2 aromatic carbocycles. The second-order valence-corrected chi connectivity index (χ2v) is 11.0. The van der Waals surface area contributed by atoms with Gasteiger partial charge in [0.15, 0.2) is 11.3 Å². The van der Waals surface area contributed by atoms with Gasteiger partial charge >= 0.3 is 5.97 Å². The van der Waals surface area contributed by atoms with Crippen LogP contribution in [0.3, 0.4) is 0 Å². The zero-order valence-electron chi connectivity index (χ0n) is 24.8. The molecule has 3 heterocycles. The number of carbonyl (C=O) groups excluding carboxylic acids is 1. The maximum absolute atomic E-state index is 13.5. The van der Waals surface area contributed by atoms with Gasteiger partial charge in [-0.1, -0.05) is 69.4 Å². The zero-order chi connectivity index (χ0) is 28.3. The molecule has 0 N–H and O–H groups in total. The molecule has 4 aromatic rings. The van der Waals surface area contributed by atoms with Gasteiger partial charge in [-0.3, -0.25) is 0 Å². The summed E-state index contributed by atoms with van der Waals surface area (Å²) in [5, 5.41) is 1.13. The average Bonchev–Trinajstić information content (AvgIpc) is 3.42. The molecule has 5 heteroatoms. The van der Waals surface area contributed by atoms with E-state index in [0.717, 1.165) is 59.4 Å². The SMILES string of the molecule is CCCCCCCCn1c(C)c(C2(c3ccc(N(CC)CC)cc3C)OC(=O)c3ncccc32)c2ccccc21. The number of nitrogens with zero attached hydrogens (tertiary/aromatic N) is 3. The van der Waals surface area contributed by atoms with E-state index in [1.54, 1.807) is 6.20 Å². The molecule has 1 aliphatic heterocycles. The minimum absolute atomic E-state index is 0.366. The van der Waals surface area contributed by atoms with Crippen LogP contribution in [0.2, 0.25) is 0 Å². The van der Waals surface area contributed by atoms with Crippen LogP contribution in [0.25, 0.3) is 10.9 Å². The predicted octanol–water partition coefficient (Wildman–Crippen LogP) is 8.32. The molecule has 5 rings (SSSR count). The molecule has 210 valence electrons. The van der Waals surface area contributed by atoms with E-state index >= 15 is 0 Å². The fourth-order valence-electron chi connectivity index (χ4n) is 6.66. The number of carbonyl (C=O) groups is 1. The number of benzene rings is 2. The van der Waals surface area contributed by atoms with Crippen LogP contribution in [0, 0.1) is 13.8 Å². The molecule has 0 radical (unpaired) electrons. The second-order valence-electron chi connectivity index (χ2n) is 11.0. The highest BCUT2D eigenvalue weighted by atomic mass is 16.6. The summed E-state index contributed by atoms with van der Waals surface area (Å²) in [6, 6.07) is 19.1. The fourth-order valence-corrected chi connectivity index (χ4v) is 6.66. The smallest absolute Gasteiger partial charge is 0.358 e. The Labute approximate surface area is 239 Å². The first kappa shape index (κ1) is 27.9. The minimum Gasteiger partial charge on any atom is -0.439 e. The van der Waals surface area contributed by atoms with Crippen LogP contribution in [-0.2, 0) is 16.9 Å². The van der Waals surface area contributed by atoms with Crippen LogP contribution in [0.5, 0.6) is 0 Å². The van der Waals surface area contributed by atoms with Crippen molar-refractivity contribution in [3.63, 3.8) is 0 Å². The number of para-hydroxylation sites is 1. The molecule has 0 saturated carbocycles. The van der Waals surface area contributed by atoms with Gasteiger partial charge in [0.2, 0.25) is 0 Å². The molecular weight excluding hydrogens is 494 g/mol. The highest BCUT2D eigenvalue weighted by Crippen LogP contribution is 2.51. The third kappa shape index (κ3) is 4.70. The molecule has 40 heavy (non-hydrogen) atoms. The molecule has 0 amide bonds. The second kappa shape index (κ2) is 11.9.